The lowest BCUT2D eigenvalue weighted by molar-refractivity contribution is 0.102. The van der Waals surface area contributed by atoms with Gasteiger partial charge >= 0.3 is 0 Å². The van der Waals surface area contributed by atoms with Crippen molar-refractivity contribution in [2.24, 2.45) is 0 Å². The first-order valence-corrected chi connectivity index (χ1v) is 9.66. The van der Waals surface area contributed by atoms with E-state index < -0.39 is 0 Å². The molecular weight excluding hydrogens is 402 g/mol. The van der Waals surface area contributed by atoms with Gasteiger partial charge in [-0.15, -0.1) is 0 Å². The Balaban J connectivity index is 1.63. The topological polar surface area (TPSA) is 76.2 Å². The van der Waals surface area contributed by atoms with Crippen molar-refractivity contribution in [1.29, 1.82) is 0 Å². The molecule has 1 aromatic heterocycles. The molecule has 30 heavy (non-hydrogen) atoms. The third-order valence-corrected chi connectivity index (χ3v) is 5.16. The molecule has 0 aliphatic rings. The van der Waals surface area contributed by atoms with Crippen LogP contribution in [0.4, 0.5) is 5.69 Å². The lowest BCUT2D eigenvalue weighted by atomic mass is 10.1. The van der Waals surface area contributed by atoms with Gasteiger partial charge in [-0.05, 0) is 48.9 Å². The monoisotopic (exact) mass is 421 g/mol. The summed E-state index contributed by atoms with van der Waals surface area (Å²) in [4.78, 5) is 20.7. The Kier molecular flexibility index (Phi) is 5.33. The van der Waals surface area contributed by atoms with Gasteiger partial charge in [0.2, 0.25) is 0 Å². The number of hydrogen-bond acceptors (Lipinski definition) is 4. The van der Waals surface area contributed by atoms with Crippen LogP contribution in [0.25, 0.3) is 22.4 Å². The van der Waals surface area contributed by atoms with E-state index in [2.05, 4.69) is 15.3 Å². The van der Waals surface area contributed by atoms with Crippen LogP contribution in [0.1, 0.15) is 15.9 Å². The number of nitrogens with one attached hydrogen (secondary N) is 2. The molecule has 0 bridgehead atoms. The highest BCUT2D eigenvalue weighted by atomic mass is 35.5. The number of nitrogens with zero attached hydrogens (tertiary/aromatic N) is 1. The van der Waals surface area contributed by atoms with Crippen molar-refractivity contribution in [1.82, 2.24) is 9.97 Å². The number of ether oxygens (including phenoxy) is 2. The molecule has 3 aromatic carbocycles. The molecule has 1 amide bonds. The molecule has 0 fully saturated rings. The van der Waals surface area contributed by atoms with E-state index in [1.54, 1.807) is 44.6 Å². The number of aromatic nitrogens is 2. The molecule has 152 valence electrons. The van der Waals surface area contributed by atoms with E-state index in [-0.39, 0.29) is 5.91 Å². The smallest absolute Gasteiger partial charge is 0.255 e. The molecule has 6 nitrogen and oxygen atoms in total. The maximum Gasteiger partial charge on any atom is 0.255 e. The number of imidazole rings is 1. The van der Waals surface area contributed by atoms with Crippen LogP contribution in [0.2, 0.25) is 5.02 Å². The predicted molar refractivity (Wildman–Crippen MR) is 119 cm³/mol. The van der Waals surface area contributed by atoms with E-state index in [9.17, 15) is 4.79 Å². The zero-order chi connectivity index (χ0) is 21.3. The van der Waals surface area contributed by atoms with Gasteiger partial charge < -0.3 is 19.8 Å². The third-order valence-electron chi connectivity index (χ3n) is 4.84. The van der Waals surface area contributed by atoms with E-state index >= 15 is 0 Å². The van der Waals surface area contributed by atoms with Crippen molar-refractivity contribution in [2.45, 2.75) is 6.92 Å². The number of H-pyrrole nitrogens is 1. The van der Waals surface area contributed by atoms with E-state index in [4.69, 9.17) is 21.1 Å². The minimum Gasteiger partial charge on any atom is -0.493 e. The molecule has 2 N–H and O–H groups in total. The summed E-state index contributed by atoms with van der Waals surface area (Å²) in [6.07, 6.45) is 0. The van der Waals surface area contributed by atoms with Crippen molar-refractivity contribution >= 4 is 34.2 Å². The van der Waals surface area contributed by atoms with Gasteiger partial charge in [0.05, 0.1) is 30.3 Å². The summed E-state index contributed by atoms with van der Waals surface area (Å²) in [5.74, 6) is 1.57. The third kappa shape index (κ3) is 3.69. The second-order valence-electron chi connectivity index (χ2n) is 6.77. The normalized spacial score (nSPS) is 10.8. The molecule has 0 saturated carbocycles. The molecule has 4 rings (SSSR count). The summed E-state index contributed by atoms with van der Waals surface area (Å²) in [5.41, 5.74) is 4.49. The Morgan fingerprint density at radius 3 is 2.57 bits per heavy atom. The summed E-state index contributed by atoms with van der Waals surface area (Å²) < 4.78 is 10.5. The first kappa shape index (κ1) is 19.8. The maximum atomic E-state index is 12.8. The fourth-order valence-corrected chi connectivity index (χ4v) is 3.63. The molecule has 0 aliphatic carbocycles. The van der Waals surface area contributed by atoms with Gasteiger partial charge in [-0.3, -0.25) is 4.79 Å². The number of anilines is 1. The number of benzene rings is 3. The Hall–Kier alpha value is -3.51. The molecule has 0 spiro atoms. The van der Waals surface area contributed by atoms with E-state index in [1.807, 2.05) is 31.2 Å². The second-order valence-corrected chi connectivity index (χ2v) is 7.18. The molecule has 7 heteroatoms. The number of methoxy groups -OCH3 is 2. The first-order valence-electron chi connectivity index (χ1n) is 9.29. The van der Waals surface area contributed by atoms with Crippen LogP contribution < -0.4 is 14.8 Å². The average molecular weight is 422 g/mol. The largest absolute Gasteiger partial charge is 0.493 e. The average Bonchev–Trinajstić information content (AvgIpc) is 3.16. The van der Waals surface area contributed by atoms with Gasteiger partial charge in [0.15, 0.2) is 11.5 Å². The van der Waals surface area contributed by atoms with Crippen LogP contribution in [0.3, 0.4) is 0 Å². The van der Waals surface area contributed by atoms with Crippen LogP contribution in [0, 0.1) is 6.92 Å². The summed E-state index contributed by atoms with van der Waals surface area (Å²) in [5, 5.41) is 3.50. The summed E-state index contributed by atoms with van der Waals surface area (Å²) in [6, 6.07) is 16.2. The minimum atomic E-state index is -0.241. The van der Waals surface area contributed by atoms with Crippen molar-refractivity contribution in [3.05, 3.63) is 70.7 Å². The number of fused-ring (bicyclic) bond motifs is 1. The van der Waals surface area contributed by atoms with Crippen LogP contribution in [0.15, 0.2) is 54.6 Å². The number of aromatic amines is 1. The molecule has 0 atom stereocenters. The number of carbonyl (C=O) groups excluding carboxylic acids is 1. The first-order chi connectivity index (χ1) is 14.5. The Bertz CT molecular complexity index is 1230. The SMILES string of the molecule is COc1ccc(NC(=O)c2ccc3nc(-c4c(C)cccc4Cl)[nH]c3c2)cc1OC. The predicted octanol–water partition coefficient (Wildman–Crippen LogP) is 5.46. The van der Waals surface area contributed by atoms with Crippen LogP contribution >= 0.6 is 11.6 Å². The summed E-state index contributed by atoms with van der Waals surface area (Å²) >= 11 is 6.37. The number of halogens is 1. The summed E-state index contributed by atoms with van der Waals surface area (Å²) in [7, 11) is 3.11. The minimum absolute atomic E-state index is 0.241. The van der Waals surface area contributed by atoms with Gasteiger partial charge in [-0.25, -0.2) is 4.98 Å². The molecule has 0 unspecified atom stereocenters. The zero-order valence-corrected chi connectivity index (χ0v) is 17.5. The Morgan fingerprint density at radius 2 is 1.83 bits per heavy atom. The van der Waals surface area contributed by atoms with Crippen LogP contribution in [-0.2, 0) is 0 Å². The maximum absolute atomic E-state index is 12.8. The molecular formula is C23H20ClN3O3. The van der Waals surface area contributed by atoms with Crippen molar-refractivity contribution in [3.8, 4) is 22.9 Å². The number of hydrogen-bond donors (Lipinski definition) is 2. The quantitative estimate of drug-likeness (QED) is 0.448. The number of carbonyl (C=O) groups is 1. The van der Waals surface area contributed by atoms with Gasteiger partial charge in [0.1, 0.15) is 5.82 Å². The van der Waals surface area contributed by atoms with Crippen molar-refractivity contribution in [2.75, 3.05) is 19.5 Å². The standard InChI is InChI=1S/C23H20ClN3O3/c1-13-5-4-6-16(24)21(13)22-26-17-9-7-14(11-18(17)27-22)23(28)25-15-8-10-19(29-2)20(12-15)30-3/h4-12H,1-3H3,(H,25,28)(H,26,27). The molecule has 0 aliphatic heterocycles. The highest BCUT2D eigenvalue weighted by molar-refractivity contribution is 6.33. The van der Waals surface area contributed by atoms with Crippen molar-refractivity contribution in [3.63, 3.8) is 0 Å². The van der Waals surface area contributed by atoms with Gasteiger partial charge in [0, 0.05) is 22.9 Å². The molecule has 0 radical (unpaired) electrons. The highest BCUT2D eigenvalue weighted by Gasteiger charge is 2.14. The molecule has 1 heterocycles. The molecule has 0 saturated heterocycles. The van der Waals surface area contributed by atoms with Crippen LogP contribution in [0.5, 0.6) is 11.5 Å². The summed E-state index contributed by atoms with van der Waals surface area (Å²) in [6.45, 7) is 1.98. The van der Waals surface area contributed by atoms with Gasteiger partial charge in [-0.2, -0.15) is 0 Å². The lowest BCUT2D eigenvalue weighted by Crippen LogP contribution is -2.11. The van der Waals surface area contributed by atoms with Crippen LogP contribution in [-0.4, -0.2) is 30.1 Å². The zero-order valence-electron chi connectivity index (χ0n) is 16.7. The van der Waals surface area contributed by atoms with Crippen molar-refractivity contribution < 1.29 is 14.3 Å². The Morgan fingerprint density at radius 1 is 1.03 bits per heavy atom. The molecule has 4 aromatic rings. The number of aryl methyl sites for hydroxylation is 1. The number of amides is 1. The lowest BCUT2D eigenvalue weighted by Gasteiger charge is -2.10. The second kappa shape index (κ2) is 8.08. The van der Waals surface area contributed by atoms with E-state index in [1.165, 1.54) is 0 Å². The van der Waals surface area contributed by atoms with Gasteiger partial charge in [0.25, 0.3) is 5.91 Å². The highest BCUT2D eigenvalue weighted by Crippen LogP contribution is 2.32. The fourth-order valence-electron chi connectivity index (χ4n) is 3.32. The van der Waals surface area contributed by atoms with E-state index in [0.717, 1.165) is 22.2 Å². The number of rotatable bonds is 5. The Labute approximate surface area is 178 Å². The van der Waals surface area contributed by atoms with Gasteiger partial charge in [-0.1, -0.05) is 23.7 Å². The fraction of sp³-hybridized carbons (Fsp3) is 0.130. The van der Waals surface area contributed by atoms with E-state index in [0.29, 0.717) is 33.6 Å².